The number of nitrogens with one attached hydrogen (secondary N) is 1. The molecular formula is C16H18N2. The van der Waals surface area contributed by atoms with E-state index in [9.17, 15) is 0 Å². The molecule has 0 spiro atoms. The van der Waals surface area contributed by atoms with Crippen molar-refractivity contribution in [2.75, 3.05) is 5.32 Å². The summed E-state index contributed by atoms with van der Waals surface area (Å²) in [4.78, 5) is 4.67. The second-order valence-electron chi connectivity index (χ2n) is 4.50. The van der Waals surface area contributed by atoms with Gasteiger partial charge in [0.1, 0.15) is 5.82 Å². The van der Waals surface area contributed by atoms with E-state index in [-0.39, 0.29) is 0 Å². The molecule has 92 valence electrons. The quantitative estimate of drug-likeness (QED) is 0.820. The number of terminal acetylenes is 1. The van der Waals surface area contributed by atoms with E-state index < -0.39 is 0 Å². The molecule has 0 aliphatic rings. The second kappa shape index (κ2) is 5.55. The Morgan fingerprint density at radius 1 is 1.39 bits per heavy atom. The molecule has 1 aromatic carbocycles. The van der Waals surface area contributed by atoms with Crippen LogP contribution < -0.4 is 5.32 Å². The number of para-hydroxylation sites is 1. The first-order valence-corrected chi connectivity index (χ1v) is 6.31. The molecule has 0 aliphatic heterocycles. The molecule has 0 saturated carbocycles. The van der Waals surface area contributed by atoms with E-state index in [0.29, 0.717) is 6.04 Å². The van der Waals surface area contributed by atoms with Crippen molar-refractivity contribution in [3.05, 3.63) is 35.9 Å². The minimum Gasteiger partial charge on any atom is -0.366 e. The molecule has 1 aromatic heterocycles. The van der Waals surface area contributed by atoms with Crippen molar-refractivity contribution in [2.24, 2.45) is 0 Å². The summed E-state index contributed by atoms with van der Waals surface area (Å²) in [6.45, 7) is 4.20. The fourth-order valence-electron chi connectivity index (χ4n) is 2.00. The smallest absolute Gasteiger partial charge is 0.129 e. The molecule has 1 heterocycles. The van der Waals surface area contributed by atoms with Crippen LogP contribution in [0.25, 0.3) is 10.9 Å². The van der Waals surface area contributed by atoms with Gasteiger partial charge in [-0.1, -0.05) is 25.1 Å². The molecule has 0 radical (unpaired) electrons. The Labute approximate surface area is 108 Å². The number of rotatable bonds is 4. The van der Waals surface area contributed by atoms with Crippen LogP contribution in [0.1, 0.15) is 25.3 Å². The molecule has 1 N–H and O–H groups in total. The van der Waals surface area contributed by atoms with Crippen LogP contribution in [0.2, 0.25) is 0 Å². The maximum atomic E-state index is 5.38. The van der Waals surface area contributed by atoms with Crippen molar-refractivity contribution in [2.45, 2.75) is 32.7 Å². The van der Waals surface area contributed by atoms with Gasteiger partial charge in [-0.3, -0.25) is 0 Å². The SMILES string of the molecule is C#CCC(CC)Nc1nc2ccccc2cc1C. The van der Waals surface area contributed by atoms with Crippen molar-refractivity contribution < 1.29 is 0 Å². The molecule has 0 saturated heterocycles. The van der Waals surface area contributed by atoms with Gasteiger partial charge in [-0.15, -0.1) is 12.3 Å². The minimum absolute atomic E-state index is 0.294. The average molecular weight is 238 g/mol. The Morgan fingerprint density at radius 2 is 2.17 bits per heavy atom. The molecule has 0 fully saturated rings. The molecule has 18 heavy (non-hydrogen) atoms. The third-order valence-corrected chi connectivity index (χ3v) is 3.11. The number of aromatic nitrogens is 1. The number of hydrogen-bond donors (Lipinski definition) is 1. The molecule has 0 aliphatic carbocycles. The lowest BCUT2D eigenvalue weighted by Gasteiger charge is -2.17. The summed E-state index contributed by atoms with van der Waals surface area (Å²) in [5.74, 6) is 3.65. The maximum absolute atomic E-state index is 5.38. The summed E-state index contributed by atoms with van der Waals surface area (Å²) in [7, 11) is 0. The standard InChI is InChI=1S/C16H18N2/c1-4-8-14(5-2)17-16-12(3)11-13-9-6-7-10-15(13)18-16/h1,6-7,9-11,14H,5,8H2,2-3H3,(H,17,18). The van der Waals surface area contributed by atoms with Crippen LogP contribution in [0.4, 0.5) is 5.82 Å². The fraction of sp³-hybridized carbons (Fsp3) is 0.312. The fourth-order valence-corrected chi connectivity index (χ4v) is 2.00. The normalized spacial score (nSPS) is 12.1. The first-order chi connectivity index (χ1) is 8.74. The molecule has 2 aromatic rings. The highest BCUT2D eigenvalue weighted by Crippen LogP contribution is 2.20. The maximum Gasteiger partial charge on any atom is 0.129 e. The van der Waals surface area contributed by atoms with Gasteiger partial charge in [-0.25, -0.2) is 4.98 Å². The Morgan fingerprint density at radius 3 is 2.89 bits per heavy atom. The Bertz CT molecular complexity index is 581. The van der Waals surface area contributed by atoms with E-state index in [1.807, 2.05) is 18.2 Å². The van der Waals surface area contributed by atoms with Crippen LogP contribution in [0.3, 0.4) is 0 Å². The van der Waals surface area contributed by atoms with Gasteiger partial charge in [0.15, 0.2) is 0 Å². The third kappa shape index (κ3) is 2.62. The van der Waals surface area contributed by atoms with E-state index in [1.165, 1.54) is 5.39 Å². The number of benzene rings is 1. The van der Waals surface area contributed by atoms with Crippen LogP contribution in [0.5, 0.6) is 0 Å². The Kier molecular flexibility index (Phi) is 3.84. The number of anilines is 1. The van der Waals surface area contributed by atoms with Crippen molar-refractivity contribution >= 4 is 16.7 Å². The molecule has 0 amide bonds. The van der Waals surface area contributed by atoms with Gasteiger partial charge in [0.05, 0.1) is 5.52 Å². The van der Waals surface area contributed by atoms with Crippen LogP contribution in [0, 0.1) is 19.3 Å². The van der Waals surface area contributed by atoms with Crippen molar-refractivity contribution in [1.82, 2.24) is 4.98 Å². The predicted molar refractivity (Wildman–Crippen MR) is 77.6 cm³/mol. The van der Waals surface area contributed by atoms with Crippen LogP contribution in [-0.2, 0) is 0 Å². The monoisotopic (exact) mass is 238 g/mol. The highest BCUT2D eigenvalue weighted by atomic mass is 15.0. The van der Waals surface area contributed by atoms with Gasteiger partial charge in [0, 0.05) is 17.8 Å². The van der Waals surface area contributed by atoms with Crippen molar-refractivity contribution in [3.8, 4) is 12.3 Å². The van der Waals surface area contributed by atoms with Crippen LogP contribution >= 0.6 is 0 Å². The van der Waals surface area contributed by atoms with Crippen molar-refractivity contribution in [1.29, 1.82) is 0 Å². The molecule has 2 nitrogen and oxygen atoms in total. The first-order valence-electron chi connectivity index (χ1n) is 6.31. The van der Waals surface area contributed by atoms with Crippen molar-refractivity contribution in [3.63, 3.8) is 0 Å². The van der Waals surface area contributed by atoms with Gasteiger partial charge in [-0.2, -0.15) is 0 Å². The molecular weight excluding hydrogens is 220 g/mol. The zero-order chi connectivity index (χ0) is 13.0. The van der Waals surface area contributed by atoms with Gasteiger partial charge in [0.25, 0.3) is 0 Å². The predicted octanol–water partition coefficient (Wildman–Crippen LogP) is 3.76. The number of nitrogens with zero attached hydrogens (tertiary/aromatic N) is 1. The summed E-state index contributed by atoms with van der Waals surface area (Å²) in [6, 6.07) is 10.6. The topological polar surface area (TPSA) is 24.9 Å². The third-order valence-electron chi connectivity index (χ3n) is 3.11. The van der Waals surface area contributed by atoms with E-state index >= 15 is 0 Å². The van der Waals surface area contributed by atoms with Gasteiger partial charge >= 0.3 is 0 Å². The summed E-state index contributed by atoms with van der Waals surface area (Å²) >= 11 is 0. The average Bonchev–Trinajstić information content (AvgIpc) is 2.39. The lowest BCUT2D eigenvalue weighted by atomic mass is 10.1. The molecule has 1 atom stereocenters. The number of fused-ring (bicyclic) bond motifs is 1. The summed E-state index contributed by atoms with van der Waals surface area (Å²) in [5.41, 5.74) is 2.17. The highest BCUT2D eigenvalue weighted by molar-refractivity contribution is 5.81. The first kappa shape index (κ1) is 12.4. The minimum atomic E-state index is 0.294. The molecule has 1 unspecified atom stereocenters. The van der Waals surface area contributed by atoms with Gasteiger partial charge in [-0.05, 0) is 31.0 Å². The number of hydrogen-bond acceptors (Lipinski definition) is 2. The van der Waals surface area contributed by atoms with Crippen LogP contribution in [0.15, 0.2) is 30.3 Å². The zero-order valence-corrected chi connectivity index (χ0v) is 10.9. The molecule has 2 rings (SSSR count). The summed E-state index contributed by atoms with van der Waals surface area (Å²) in [5, 5.41) is 4.61. The van der Waals surface area contributed by atoms with E-state index in [2.05, 4.69) is 42.2 Å². The summed E-state index contributed by atoms with van der Waals surface area (Å²) < 4.78 is 0. The Hall–Kier alpha value is -2.01. The van der Waals surface area contributed by atoms with E-state index in [0.717, 1.165) is 29.7 Å². The van der Waals surface area contributed by atoms with E-state index in [1.54, 1.807) is 0 Å². The number of pyridine rings is 1. The van der Waals surface area contributed by atoms with Crippen LogP contribution in [-0.4, -0.2) is 11.0 Å². The second-order valence-corrected chi connectivity index (χ2v) is 4.50. The highest BCUT2D eigenvalue weighted by Gasteiger charge is 2.08. The van der Waals surface area contributed by atoms with Gasteiger partial charge in [0.2, 0.25) is 0 Å². The summed E-state index contributed by atoms with van der Waals surface area (Å²) in [6.07, 6.45) is 7.10. The van der Waals surface area contributed by atoms with E-state index in [4.69, 9.17) is 6.42 Å². The Balaban J connectivity index is 2.33. The zero-order valence-electron chi connectivity index (χ0n) is 10.9. The van der Waals surface area contributed by atoms with Gasteiger partial charge < -0.3 is 5.32 Å². The largest absolute Gasteiger partial charge is 0.366 e. The molecule has 0 bridgehead atoms. The number of aryl methyl sites for hydroxylation is 1. The lowest BCUT2D eigenvalue weighted by molar-refractivity contribution is 0.711. The molecule has 2 heteroatoms. The lowest BCUT2D eigenvalue weighted by Crippen LogP contribution is -2.19.